The predicted molar refractivity (Wildman–Crippen MR) is 107 cm³/mol. The number of hydrogen-bond donors (Lipinski definition) is 2. The third kappa shape index (κ3) is 5.44. The van der Waals surface area contributed by atoms with Gasteiger partial charge in [0.25, 0.3) is 0 Å². The quantitative estimate of drug-likeness (QED) is 0.850. The minimum absolute atomic E-state index is 0.0444. The number of pyridine rings is 1. The van der Waals surface area contributed by atoms with Crippen molar-refractivity contribution in [3.05, 3.63) is 59.8 Å². The Balaban J connectivity index is 1.49. The highest BCUT2D eigenvalue weighted by Gasteiger charge is 2.22. The Bertz CT molecular complexity index is 726. The second kappa shape index (κ2) is 8.86. The number of aromatic nitrogens is 1. The summed E-state index contributed by atoms with van der Waals surface area (Å²) in [5.41, 5.74) is 2.04. The first-order valence-corrected chi connectivity index (χ1v) is 9.46. The van der Waals surface area contributed by atoms with Gasteiger partial charge in [0.2, 0.25) is 0 Å². The Morgan fingerprint density at radius 2 is 1.89 bits per heavy atom. The Morgan fingerprint density at radius 3 is 2.52 bits per heavy atom. The fraction of sp³-hybridized carbons (Fsp3) is 0.429. The Labute approximate surface area is 160 Å². The third-order valence-electron chi connectivity index (χ3n) is 4.65. The molecule has 3 unspecified atom stereocenters. The average Bonchev–Trinajstić information content (AvgIpc) is 2.66. The molecule has 6 nitrogen and oxygen atoms in total. The minimum Gasteiger partial charge on any atom is -0.372 e. The van der Waals surface area contributed by atoms with E-state index in [0.29, 0.717) is 6.54 Å². The van der Waals surface area contributed by atoms with Crippen molar-refractivity contribution >= 4 is 11.8 Å². The van der Waals surface area contributed by atoms with Gasteiger partial charge in [-0.05, 0) is 38.0 Å². The van der Waals surface area contributed by atoms with Crippen molar-refractivity contribution in [1.29, 1.82) is 0 Å². The molecule has 1 fully saturated rings. The number of anilines is 1. The van der Waals surface area contributed by atoms with Gasteiger partial charge in [0, 0.05) is 25.8 Å². The third-order valence-corrected chi connectivity index (χ3v) is 4.65. The highest BCUT2D eigenvalue weighted by Crippen LogP contribution is 2.18. The SMILES string of the molecule is CC1CN(c2ccc(CNC(=O)NC(C)c3ccccc3)cn2)CC(C)O1. The molecule has 6 heteroatoms. The first-order chi connectivity index (χ1) is 13.0. The standard InChI is InChI=1S/C21H28N4O2/c1-15-13-25(14-16(2)27-15)20-10-9-18(11-22-20)12-23-21(26)24-17(3)19-7-5-4-6-8-19/h4-11,15-17H,12-14H2,1-3H3,(H2,23,24,26). The van der Waals surface area contributed by atoms with E-state index in [2.05, 4.69) is 34.4 Å². The fourth-order valence-electron chi connectivity index (χ4n) is 3.33. The number of ether oxygens (including phenoxy) is 1. The molecule has 2 amide bonds. The molecule has 2 N–H and O–H groups in total. The van der Waals surface area contributed by atoms with Gasteiger partial charge >= 0.3 is 6.03 Å². The number of rotatable bonds is 5. The molecule has 0 saturated carbocycles. The van der Waals surface area contributed by atoms with Crippen LogP contribution in [0.5, 0.6) is 0 Å². The van der Waals surface area contributed by atoms with Crippen LogP contribution >= 0.6 is 0 Å². The van der Waals surface area contributed by atoms with Crippen LogP contribution in [0.25, 0.3) is 0 Å². The van der Waals surface area contributed by atoms with Crippen molar-refractivity contribution in [1.82, 2.24) is 15.6 Å². The van der Waals surface area contributed by atoms with E-state index in [0.717, 1.165) is 30.0 Å². The first-order valence-electron chi connectivity index (χ1n) is 9.46. The molecular formula is C21H28N4O2. The molecule has 2 aromatic rings. The molecule has 1 aliphatic heterocycles. The van der Waals surface area contributed by atoms with Gasteiger partial charge in [-0.3, -0.25) is 0 Å². The largest absolute Gasteiger partial charge is 0.372 e. The van der Waals surface area contributed by atoms with Gasteiger partial charge in [-0.1, -0.05) is 36.4 Å². The number of nitrogens with zero attached hydrogens (tertiary/aromatic N) is 2. The molecule has 1 aliphatic rings. The molecule has 1 aromatic heterocycles. The molecule has 0 aliphatic carbocycles. The molecule has 1 saturated heterocycles. The molecule has 27 heavy (non-hydrogen) atoms. The smallest absolute Gasteiger partial charge is 0.315 e. The van der Waals surface area contributed by atoms with Crippen LogP contribution in [-0.4, -0.2) is 36.3 Å². The highest BCUT2D eigenvalue weighted by molar-refractivity contribution is 5.74. The van der Waals surface area contributed by atoms with Crippen LogP contribution in [0.3, 0.4) is 0 Å². The van der Waals surface area contributed by atoms with Gasteiger partial charge in [-0.15, -0.1) is 0 Å². The summed E-state index contributed by atoms with van der Waals surface area (Å²) in [5, 5.41) is 5.84. The summed E-state index contributed by atoms with van der Waals surface area (Å²) in [5.74, 6) is 0.947. The van der Waals surface area contributed by atoms with Crippen molar-refractivity contribution in [2.24, 2.45) is 0 Å². The van der Waals surface area contributed by atoms with Crippen LogP contribution in [-0.2, 0) is 11.3 Å². The van der Waals surface area contributed by atoms with E-state index in [-0.39, 0.29) is 24.3 Å². The van der Waals surface area contributed by atoms with Crippen LogP contribution in [0.2, 0.25) is 0 Å². The second-order valence-electron chi connectivity index (χ2n) is 7.15. The molecule has 0 radical (unpaired) electrons. The van der Waals surface area contributed by atoms with Gasteiger partial charge in [-0.25, -0.2) is 9.78 Å². The molecule has 3 atom stereocenters. The predicted octanol–water partition coefficient (Wildman–Crippen LogP) is 3.26. The van der Waals surface area contributed by atoms with Gasteiger partial charge in [0.15, 0.2) is 0 Å². The van der Waals surface area contributed by atoms with E-state index in [1.54, 1.807) is 0 Å². The number of urea groups is 1. The van der Waals surface area contributed by atoms with E-state index in [9.17, 15) is 4.79 Å². The van der Waals surface area contributed by atoms with Crippen LogP contribution in [0, 0.1) is 0 Å². The summed E-state index contributed by atoms with van der Waals surface area (Å²) in [4.78, 5) is 18.9. The van der Waals surface area contributed by atoms with Gasteiger partial charge < -0.3 is 20.3 Å². The summed E-state index contributed by atoms with van der Waals surface area (Å²) < 4.78 is 5.77. The zero-order valence-corrected chi connectivity index (χ0v) is 16.2. The number of hydrogen-bond acceptors (Lipinski definition) is 4. The normalized spacial score (nSPS) is 20.8. The van der Waals surface area contributed by atoms with Crippen molar-refractivity contribution < 1.29 is 9.53 Å². The zero-order valence-electron chi connectivity index (χ0n) is 16.2. The van der Waals surface area contributed by atoms with Crippen LogP contribution in [0.1, 0.15) is 37.9 Å². The average molecular weight is 368 g/mol. The summed E-state index contributed by atoms with van der Waals surface area (Å²) >= 11 is 0. The lowest BCUT2D eigenvalue weighted by atomic mass is 10.1. The monoisotopic (exact) mass is 368 g/mol. The van der Waals surface area contributed by atoms with Gasteiger partial charge in [-0.2, -0.15) is 0 Å². The molecule has 1 aromatic carbocycles. The number of amides is 2. The van der Waals surface area contributed by atoms with E-state index in [1.807, 2.05) is 55.6 Å². The summed E-state index contributed by atoms with van der Waals surface area (Å²) in [6, 6.07) is 13.7. The Morgan fingerprint density at radius 1 is 1.19 bits per heavy atom. The van der Waals surface area contributed by atoms with Crippen molar-refractivity contribution in [3.8, 4) is 0 Å². The lowest BCUT2D eigenvalue weighted by Crippen LogP contribution is -2.45. The topological polar surface area (TPSA) is 66.5 Å². The maximum atomic E-state index is 12.1. The van der Waals surface area contributed by atoms with Gasteiger partial charge in [0.05, 0.1) is 18.2 Å². The zero-order chi connectivity index (χ0) is 19.2. The number of carbonyl (C=O) groups excluding carboxylic acids is 1. The molecule has 144 valence electrons. The minimum atomic E-state index is -0.189. The second-order valence-corrected chi connectivity index (χ2v) is 7.15. The summed E-state index contributed by atoms with van der Waals surface area (Å²) in [6.07, 6.45) is 2.22. The molecule has 2 heterocycles. The van der Waals surface area contributed by atoms with Crippen LogP contribution in [0.4, 0.5) is 10.6 Å². The fourth-order valence-corrected chi connectivity index (χ4v) is 3.33. The first kappa shape index (κ1) is 19.2. The van der Waals surface area contributed by atoms with Crippen molar-refractivity contribution in [3.63, 3.8) is 0 Å². The molecular weight excluding hydrogens is 340 g/mol. The Kier molecular flexibility index (Phi) is 6.29. The Hall–Kier alpha value is -2.60. The van der Waals surface area contributed by atoms with E-state index in [4.69, 9.17) is 4.74 Å². The van der Waals surface area contributed by atoms with E-state index >= 15 is 0 Å². The van der Waals surface area contributed by atoms with E-state index < -0.39 is 0 Å². The highest BCUT2D eigenvalue weighted by atomic mass is 16.5. The van der Waals surface area contributed by atoms with Gasteiger partial charge in [0.1, 0.15) is 5.82 Å². The summed E-state index contributed by atoms with van der Waals surface area (Å²) in [7, 11) is 0. The molecule has 0 spiro atoms. The lowest BCUT2D eigenvalue weighted by molar-refractivity contribution is -0.00546. The van der Waals surface area contributed by atoms with E-state index in [1.165, 1.54) is 0 Å². The number of carbonyl (C=O) groups is 1. The van der Waals surface area contributed by atoms with Crippen molar-refractivity contribution in [2.75, 3.05) is 18.0 Å². The van der Waals surface area contributed by atoms with Crippen LogP contribution < -0.4 is 15.5 Å². The maximum absolute atomic E-state index is 12.1. The molecule has 0 bridgehead atoms. The summed E-state index contributed by atoms with van der Waals surface area (Å²) in [6.45, 7) is 8.25. The lowest BCUT2D eigenvalue weighted by Gasteiger charge is -2.36. The maximum Gasteiger partial charge on any atom is 0.315 e. The number of benzene rings is 1. The molecule has 3 rings (SSSR count). The van der Waals surface area contributed by atoms with Crippen LogP contribution in [0.15, 0.2) is 48.7 Å². The number of nitrogens with one attached hydrogen (secondary N) is 2. The van der Waals surface area contributed by atoms with Crippen molar-refractivity contribution in [2.45, 2.75) is 45.6 Å². The number of morpholine rings is 1.